The van der Waals surface area contributed by atoms with Crippen LogP contribution in [0.25, 0.3) is 11.0 Å². The number of benzene rings is 1. The number of fused-ring (bicyclic) bond motifs is 1. The van der Waals surface area contributed by atoms with Gasteiger partial charge in [0.25, 0.3) is 0 Å². The van der Waals surface area contributed by atoms with Gasteiger partial charge in [-0.25, -0.2) is 9.97 Å². The molecule has 3 atom stereocenters. The van der Waals surface area contributed by atoms with Crippen molar-refractivity contribution in [2.75, 3.05) is 11.1 Å². The number of hydrogen-bond acceptors (Lipinski definition) is 4. The van der Waals surface area contributed by atoms with Crippen LogP contribution in [0.15, 0.2) is 24.3 Å². The Morgan fingerprint density at radius 2 is 1.75 bits per heavy atom. The molecule has 4 heteroatoms. The minimum atomic E-state index is 0.457. The molecule has 1 saturated carbocycles. The smallest absolute Gasteiger partial charge is 0.169 e. The van der Waals surface area contributed by atoms with Crippen molar-refractivity contribution in [1.82, 2.24) is 9.97 Å². The molecule has 1 aliphatic rings. The van der Waals surface area contributed by atoms with Crippen LogP contribution < -0.4 is 11.1 Å². The van der Waals surface area contributed by atoms with E-state index < -0.39 is 0 Å². The molecule has 2 aromatic rings. The Morgan fingerprint density at radius 1 is 1.05 bits per heavy atom. The Balaban J connectivity index is 1.82. The van der Waals surface area contributed by atoms with Gasteiger partial charge in [0.2, 0.25) is 0 Å². The maximum absolute atomic E-state index is 6.03. The van der Waals surface area contributed by atoms with Crippen LogP contribution in [-0.2, 0) is 0 Å². The van der Waals surface area contributed by atoms with E-state index in [-0.39, 0.29) is 0 Å². The van der Waals surface area contributed by atoms with Gasteiger partial charge in [-0.3, -0.25) is 0 Å². The third-order valence-corrected chi connectivity index (χ3v) is 4.54. The average molecular weight is 270 g/mol. The Morgan fingerprint density at radius 3 is 2.45 bits per heavy atom. The fourth-order valence-corrected chi connectivity index (χ4v) is 2.99. The van der Waals surface area contributed by atoms with E-state index in [1.165, 1.54) is 19.3 Å². The maximum atomic E-state index is 6.03. The molecule has 1 aliphatic carbocycles. The molecule has 0 amide bonds. The van der Waals surface area contributed by atoms with Gasteiger partial charge in [0.15, 0.2) is 11.6 Å². The van der Waals surface area contributed by atoms with E-state index in [1.807, 2.05) is 24.3 Å². The fraction of sp³-hybridized carbons (Fsp3) is 0.500. The summed E-state index contributed by atoms with van der Waals surface area (Å²) in [6, 6.07) is 8.29. The highest BCUT2D eigenvalue weighted by Crippen LogP contribution is 2.31. The molecule has 3 rings (SSSR count). The van der Waals surface area contributed by atoms with Gasteiger partial charge in [0.05, 0.1) is 11.0 Å². The van der Waals surface area contributed by atoms with Gasteiger partial charge < -0.3 is 11.1 Å². The zero-order valence-corrected chi connectivity index (χ0v) is 12.1. The van der Waals surface area contributed by atoms with Crippen LogP contribution in [0.5, 0.6) is 0 Å². The van der Waals surface area contributed by atoms with Crippen molar-refractivity contribution >= 4 is 22.7 Å². The fourth-order valence-electron chi connectivity index (χ4n) is 2.99. The van der Waals surface area contributed by atoms with Crippen molar-refractivity contribution in [3.63, 3.8) is 0 Å². The first-order valence-corrected chi connectivity index (χ1v) is 7.42. The molecule has 0 bridgehead atoms. The van der Waals surface area contributed by atoms with Gasteiger partial charge in [-0.15, -0.1) is 0 Å². The summed E-state index contributed by atoms with van der Waals surface area (Å²) in [6.07, 6.45) is 3.62. The van der Waals surface area contributed by atoms with Crippen LogP contribution in [0.4, 0.5) is 11.6 Å². The highest BCUT2D eigenvalue weighted by atomic mass is 15.1. The highest BCUT2D eigenvalue weighted by molar-refractivity contribution is 5.79. The zero-order chi connectivity index (χ0) is 14.1. The van der Waals surface area contributed by atoms with Crippen molar-refractivity contribution in [2.24, 2.45) is 11.8 Å². The normalized spacial score (nSPS) is 26.6. The lowest BCUT2D eigenvalue weighted by atomic mass is 9.79. The van der Waals surface area contributed by atoms with Crippen molar-refractivity contribution in [3.05, 3.63) is 24.3 Å². The van der Waals surface area contributed by atoms with E-state index >= 15 is 0 Å². The summed E-state index contributed by atoms with van der Waals surface area (Å²) >= 11 is 0. The molecule has 0 saturated heterocycles. The van der Waals surface area contributed by atoms with E-state index in [1.54, 1.807) is 0 Å². The molecule has 106 valence electrons. The van der Waals surface area contributed by atoms with Gasteiger partial charge in [-0.2, -0.15) is 0 Å². The molecule has 1 aromatic heterocycles. The minimum absolute atomic E-state index is 0.457. The zero-order valence-electron chi connectivity index (χ0n) is 12.1. The van der Waals surface area contributed by atoms with Gasteiger partial charge in [-0.05, 0) is 43.2 Å². The first-order valence-electron chi connectivity index (χ1n) is 7.42. The van der Waals surface area contributed by atoms with E-state index in [4.69, 9.17) is 5.73 Å². The summed E-state index contributed by atoms with van der Waals surface area (Å²) in [5.41, 5.74) is 7.77. The monoisotopic (exact) mass is 270 g/mol. The number of anilines is 2. The number of hydrogen-bond donors (Lipinski definition) is 2. The topological polar surface area (TPSA) is 63.8 Å². The molecule has 0 aliphatic heterocycles. The van der Waals surface area contributed by atoms with E-state index in [0.29, 0.717) is 11.9 Å². The first kappa shape index (κ1) is 13.2. The standard InChI is InChI=1S/C16H22N4/c1-10-7-8-12(9-11(10)2)18-16-15(17)19-13-5-3-4-6-14(13)20-16/h3-6,10-12H,7-9H2,1-2H3,(H2,17,19)(H,18,20). The Kier molecular flexibility index (Phi) is 3.47. The van der Waals surface area contributed by atoms with Crippen molar-refractivity contribution < 1.29 is 0 Å². The number of nitrogens with two attached hydrogens (primary N) is 1. The second-order valence-electron chi connectivity index (χ2n) is 6.06. The van der Waals surface area contributed by atoms with Crippen LogP contribution in [0.2, 0.25) is 0 Å². The number of nitrogens with zero attached hydrogens (tertiary/aromatic N) is 2. The summed E-state index contributed by atoms with van der Waals surface area (Å²) in [4.78, 5) is 9.04. The minimum Gasteiger partial charge on any atom is -0.381 e. The summed E-state index contributed by atoms with van der Waals surface area (Å²) < 4.78 is 0. The second-order valence-corrected chi connectivity index (χ2v) is 6.06. The lowest BCUT2D eigenvalue weighted by Gasteiger charge is -2.32. The third-order valence-electron chi connectivity index (χ3n) is 4.54. The largest absolute Gasteiger partial charge is 0.381 e. The summed E-state index contributed by atoms with van der Waals surface area (Å²) in [6.45, 7) is 4.67. The number of para-hydroxylation sites is 2. The highest BCUT2D eigenvalue weighted by Gasteiger charge is 2.25. The number of rotatable bonds is 2. The van der Waals surface area contributed by atoms with Gasteiger partial charge in [0.1, 0.15) is 0 Å². The van der Waals surface area contributed by atoms with Gasteiger partial charge in [-0.1, -0.05) is 26.0 Å². The number of nitrogen functional groups attached to an aromatic ring is 1. The lowest BCUT2D eigenvalue weighted by molar-refractivity contribution is 0.260. The molecule has 1 heterocycles. The van der Waals surface area contributed by atoms with Crippen LogP contribution in [0.3, 0.4) is 0 Å². The SMILES string of the molecule is CC1CCC(Nc2nc3ccccc3nc2N)CC1C. The molecule has 3 N–H and O–H groups in total. The van der Waals surface area contributed by atoms with Crippen LogP contribution in [-0.4, -0.2) is 16.0 Å². The third kappa shape index (κ3) is 2.55. The molecule has 4 nitrogen and oxygen atoms in total. The predicted octanol–water partition coefficient (Wildman–Crippen LogP) is 3.45. The summed E-state index contributed by atoms with van der Waals surface area (Å²) in [5.74, 6) is 2.79. The second kappa shape index (κ2) is 5.27. The summed E-state index contributed by atoms with van der Waals surface area (Å²) in [5, 5.41) is 3.49. The van der Waals surface area contributed by atoms with Crippen LogP contribution in [0.1, 0.15) is 33.1 Å². The van der Waals surface area contributed by atoms with E-state index in [0.717, 1.165) is 28.7 Å². The Labute approximate surface area is 119 Å². The molecular weight excluding hydrogens is 248 g/mol. The number of aromatic nitrogens is 2. The quantitative estimate of drug-likeness (QED) is 0.877. The van der Waals surface area contributed by atoms with Gasteiger partial charge >= 0.3 is 0 Å². The Bertz CT molecular complexity index is 610. The first-order chi connectivity index (χ1) is 9.63. The molecule has 3 unspecified atom stereocenters. The van der Waals surface area contributed by atoms with Crippen LogP contribution >= 0.6 is 0 Å². The molecular formula is C16H22N4. The molecule has 0 spiro atoms. The van der Waals surface area contributed by atoms with E-state index in [9.17, 15) is 0 Å². The Hall–Kier alpha value is -1.84. The van der Waals surface area contributed by atoms with Crippen LogP contribution in [0, 0.1) is 11.8 Å². The van der Waals surface area contributed by atoms with Gasteiger partial charge in [0, 0.05) is 6.04 Å². The van der Waals surface area contributed by atoms with E-state index in [2.05, 4.69) is 29.1 Å². The molecule has 20 heavy (non-hydrogen) atoms. The summed E-state index contributed by atoms with van der Waals surface area (Å²) in [7, 11) is 0. The number of nitrogens with one attached hydrogen (secondary N) is 1. The predicted molar refractivity (Wildman–Crippen MR) is 83.5 cm³/mol. The molecule has 0 radical (unpaired) electrons. The lowest BCUT2D eigenvalue weighted by Crippen LogP contribution is -2.31. The molecule has 1 fully saturated rings. The van der Waals surface area contributed by atoms with Crippen molar-refractivity contribution in [1.29, 1.82) is 0 Å². The average Bonchev–Trinajstić information content (AvgIpc) is 2.44. The van der Waals surface area contributed by atoms with Crippen molar-refractivity contribution in [2.45, 2.75) is 39.2 Å². The molecule has 1 aromatic carbocycles. The van der Waals surface area contributed by atoms with Crippen molar-refractivity contribution in [3.8, 4) is 0 Å². The maximum Gasteiger partial charge on any atom is 0.169 e.